The number of carbonyl (C=O) groups excluding carboxylic acids is 3. The number of benzene rings is 2. The lowest BCUT2D eigenvalue weighted by Crippen LogP contribution is -2.57. The van der Waals surface area contributed by atoms with E-state index in [2.05, 4.69) is 0 Å². The van der Waals surface area contributed by atoms with Crippen molar-refractivity contribution >= 4 is 46.8 Å². The van der Waals surface area contributed by atoms with Crippen LogP contribution in [-0.2, 0) is 25.5 Å². The highest BCUT2D eigenvalue weighted by molar-refractivity contribution is 8.02. The van der Waals surface area contributed by atoms with E-state index >= 15 is 0 Å². The molecule has 41 heavy (non-hydrogen) atoms. The number of anilines is 1. The lowest BCUT2D eigenvalue weighted by Gasteiger charge is -2.40. The minimum Gasteiger partial charge on any atom is -0.465 e. The van der Waals surface area contributed by atoms with Crippen LogP contribution < -0.4 is 4.90 Å². The molecule has 4 aliphatic heterocycles. The summed E-state index contributed by atoms with van der Waals surface area (Å²) in [4.78, 5) is 46.3. The van der Waals surface area contributed by atoms with Crippen LogP contribution in [0.15, 0.2) is 72.8 Å². The number of aliphatic hydroxyl groups is 1. The Morgan fingerprint density at radius 1 is 1.05 bits per heavy atom. The minimum absolute atomic E-state index is 0.245. The van der Waals surface area contributed by atoms with Gasteiger partial charge in [0.15, 0.2) is 0 Å². The standard InChI is InChI=1S/C32H33ClN2O5S/c1-20-10-8-13-23(33)26(20)34-16-9-15-32-24(25-30(39)40-17-7-6-14-31(25,2)41-32)28(37)35(27(32)29(34)38)22(19-36)18-21-11-4-3-5-12-21/h3-6,8-15,22,24-25,27,36H,7,16-19H2,1-2H3/t22-,24+,25-,27?,31+,32+/m1/s1. The fourth-order valence-corrected chi connectivity index (χ4v) is 9.59. The van der Waals surface area contributed by atoms with Crippen molar-refractivity contribution in [2.45, 2.75) is 48.3 Å². The normalized spacial score (nSPS) is 31.6. The molecule has 0 bridgehead atoms. The Morgan fingerprint density at radius 3 is 2.56 bits per heavy atom. The van der Waals surface area contributed by atoms with Crippen molar-refractivity contribution < 1.29 is 24.2 Å². The van der Waals surface area contributed by atoms with Gasteiger partial charge in [-0.2, -0.15) is 0 Å². The number of thioether (sulfide) groups is 1. The van der Waals surface area contributed by atoms with Crippen molar-refractivity contribution in [2.75, 3.05) is 24.7 Å². The molecule has 6 rings (SSSR count). The molecule has 1 spiro atoms. The van der Waals surface area contributed by atoms with Crippen molar-refractivity contribution in [3.8, 4) is 0 Å². The number of para-hydroxylation sites is 1. The van der Waals surface area contributed by atoms with Gasteiger partial charge in [-0.3, -0.25) is 14.4 Å². The predicted octanol–water partition coefficient (Wildman–Crippen LogP) is 4.35. The van der Waals surface area contributed by atoms with Crippen molar-refractivity contribution in [3.63, 3.8) is 0 Å². The Labute approximate surface area is 249 Å². The topological polar surface area (TPSA) is 87.2 Å². The van der Waals surface area contributed by atoms with Gasteiger partial charge in [0, 0.05) is 11.3 Å². The van der Waals surface area contributed by atoms with Gasteiger partial charge < -0.3 is 19.6 Å². The van der Waals surface area contributed by atoms with Gasteiger partial charge in [-0.1, -0.05) is 78.4 Å². The summed E-state index contributed by atoms with van der Waals surface area (Å²) in [6.45, 7) is 4.04. The van der Waals surface area contributed by atoms with Crippen LogP contribution in [0.1, 0.15) is 24.5 Å². The van der Waals surface area contributed by atoms with Crippen molar-refractivity contribution in [1.29, 1.82) is 0 Å². The SMILES string of the molecule is Cc1cccc(Cl)c1N1CC=C[C@]23S[C@@]4(C)C=CCCOC(=O)[C@H]4[C@H]2C(=O)N([C@@H](CO)Cc2ccccc2)C3C1=O. The summed E-state index contributed by atoms with van der Waals surface area (Å²) < 4.78 is 3.83. The van der Waals surface area contributed by atoms with E-state index in [0.717, 1.165) is 11.1 Å². The van der Waals surface area contributed by atoms with Gasteiger partial charge in [-0.15, -0.1) is 11.8 Å². The maximum absolute atomic E-state index is 14.8. The molecule has 0 saturated carbocycles. The number of cyclic esters (lactones) is 1. The molecule has 0 aromatic heterocycles. The summed E-state index contributed by atoms with van der Waals surface area (Å²) in [7, 11) is 0. The number of halogens is 1. The van der Waals surface area contributed by atoms with E-state index in [1.807, 2.05) is 80.6 Å². The van der Waals surface area contributed by atoms with E-state index in [-0.39, 0.29) is 31.6 Å². The number of hydrogen-bond donors (Lipinski definition) is 1. The van der Waals surface area contributed by atoms with Gasteiger partial charge >= 0.3 is 5.97 Å². The molecule has 1 unspecified atom stereocenters. The van der Waals surface area contributed by atoms with Crippen molar-refractivity contribution in [1.82, 2.24) is 4.90 Å². The summed E-state index contributed by atoms with van der Waals surface area (Å²) in [5, 5.41) is 11.1. The lowest BCUT2D eigenvalue weighted by molar-refractivity contribution is -0.154. The number of hydrogen-bond acceptors (Lipinski definition) is 6. The Morgan fingerprint density at radius 2 is 1.83 bits per heavy atom. The van der Waals surface area contributed by atoms with Gasteiger partial charge in [-0.25, -0.2) is 0 Å². The van der Waals surface area contributed by atoms with Gasteiger partial charge in [-0.05, 0) is 43.9 Å². The van der Waals surface area contributed by atoms with Gasteiger partial charge in [0.05, 0.1) is 46.5 Å². The number of nitrogens with zero attached hydrogens (tertiary/aromatic N) is 2. The monoisotopic (exact) mass is 592 g/mol. The quantitative estimate of drug-likeness (QED) is 0.410. The molecule has 2 aromatic rings. The third-order valence-corrected chi connectivity index (χ3v) is 10.9. The van der Waals surface area contributed by atoms with Crippen LogP contribution in [0.4, 0.5) is 5.69 Å². The number of aryl methyl sites for hydroxylation is 1. The van der Waals surface area contributed by atoms with E-state index in [0.29, 0.717) is 23.6 Å². The average Bonchev–Trinajstić information content (AvgIpc) is 3.27. The highest BCUT2D eigenvalue weighted by Gasteiger charge is 2.74. The zero-order chi connectivity index (χ0) is 28.9. The molecular weight excluding hydrogens is 560 g/mol. The molecule has 4 aliphatic rings. The van der Waals surface area contributed by atoms with Crippen LogP contribution in [0.25, 0.3) is 0 Å². The van der Waals surface area contributed by atoms with E-state index in [1.165, 1.54) is 11.8 Å². The van der Waals surface area contributed by atoms with Crippen molar-refractivity contribution in [2.24, 2.45) is 11.8 Å². The van der Waals surface area contributed by atoms with E-state index in [4.69, 9.17) is 16.3 Å². The predicted molar refractivity (Wildman–Crippen MR) is 160 cm³/mol. The van der Waals surface area contributed by atoms with Crippen LogP contribution in [0.2, 0.25) is 5.02 Å². The van der Waals surface area contributed by atoms with E-state index in [1.54, 1.807) is 15.9 Å². The second-order valence-corrected chi connectivity index (χ2v) is 13.6. The molecule has 214 valence electrons. The molecule has 0 radical (unpaired) electrons. The zero-order valence-electron chi connectivity index (χ0n) is 23.0. The Kier molecular flexibility index (Phi) is 7.29. The summed E-state index contributed by atoms with van der Waals surface area (Å²) in [5.41, 5.74) is 2.37. The molecule has 2 aromatic carbocycles. The smallest absolute Gasteiger partial charge is 0.311 e. The molecule has 2 amide bonds. The first-order valence-electron chi connectivity index (χ1n) is 14.0. The highest BCUT2D eigenvalue weighted by atomic mass is 35.5. The van der Waals surface area contributed by atoms with Gasteiger partial charge in [0.1, 0.15) is 6.04 Å². The zero-order valence-corrected chi connectivity index (χ0v) is 24.6. The number of fused-ring (bicyclic) bond motifs is 2. The lowest BCUT2D eigenvalue weighted by atomic mass is 9.74. The minimum atomic E-state index is -1.05. The molecule has 0 aliphatic carbocycles. The average molecular weight is 593 g/mol. The number of likely N-dealkylation sites (tertiary alicyclic amines) is 1. The molecule has 1 N–H and O–H groups in total. The van der Waals surface area contributed by atoms with Crippen LogP contribution >= 0.6 is 23.4 Å². The number of ether oxygens (including phenoxy) is 1. The van der Waals surface area contributed by atoms with Crippen LogP contribution in [0.5, 0.6) is 0 Å². The largest absolute Gasteiger partial charge is 0.465 e. The fraction of sp³-hybridized carbons (Fsp3) is 0.406. The van der Waals surface area contributed by atoms with Gasteiger partial charge in [0.2, 0.25) is 5.91 Å². The second kappa shape index (κ2) is 10.6. The molecule has 7 nitrogen and oxygen atoms in total. The number of esters is 1. The number of rotatable bonds is 5. The summed E-state index contributed by atoms with van der Waals surface area (Å²) in [5.74, 6) is -2.64. The first-order valence-corrected chi connectivity index (χ1v) is 15.2. The van der Waals surface area contributed by atoms with Gasteiger partial charge in [0.25, 0.3) is 5.91 Å². The van der Waals surface area contributed by atoms with Crippen LogP contribution in [-0.4, -0.2) is 69.1 Å². The number of amides is 2. The maximum Gasteiger partial charge on any atom is 0.311 e. The highest BCUT2D eigenvalue weighted by Crippen LogP contribution is 2.65. The molecule has 9 heteroatoms. The van der Waals surface area contributed by atoms with E-state index < -0.39 is 39.4 Å². The molecular formula is C32H33ClN2O5S. The second-order valence-electron chi connectivity index (χ2n) is 11.4. The fourth-order valence-electron chi connectivity index (χ4n) is 7.12. The van der Waals surface area contributed by atoms with E-state index in [9.17, 15) is 19.5 Å². The third-order valence-electron chi connectivity index (χ3n) is 8.83. The third kappa shape index (κ3) is 4.42. The maximum atomic E-state index is 14.8. The van der Waals surface area contributed by atoms with Crippen molar-refractivity contribution in [3.05, 3.63) is 89.0 Å². The summed E-state index contributed by atoms with van der Waals surface area (Å²) in [6, 6.07) is 13.5. The summed E-state index contributed by atoms with van der Waals surface area (Å²) >= 11 is 8.15. The first kappa shape index (κ1) is 28.1. The van der Waals surface area contributed by atoms with Crippen LogP contribution in [0, 0.1) is 18.8 Å². The Balaban J connectivity index is 1.52. The molecule has 2 saturated heterocycles. The first-order chi connectivity index (χ1) is 19.7. The summed E-state index contributed by atoms with van der Waals surface area (Å²) in [6.07, 6.45) is 8.84. The van der Waals surface area contributed by atoms with Crippen LogP contribution in [0.3, 0.4) is 0 Å². The molecule has 4 heterocycles. The molecule has 2 fully saturated rings. The molecule has 6 atom stereocenters. The Bertz CT molecular complexity index is 1430. The number of carbonyl (C=O) groups is 3. The number of aliphatic hydroxyl groups excluding tert-OH is 1. The Hall–Kier alpha value is -3.07.